The van der Waals surface area contributed by atoms with Crippen molar-refractivity contribution in [1.29, 1.82) is 0 Å². The van der Waals surface area contributed by atoms with Crippen LogP contribution in [-0.4, -0.2) is 35.2 Å². The maximum Gasteiger partial charge on any atom is 0.249 e. The zero-order valence-electron chi connectivity index (χ0n) is 15.6. The van der Waals surface area contributed by atoms with Crippen LogP contribution in [0.4, 0.5) is 0 Å². The fourth-order valence-corrected chi connectivity index (χ4v) is 2.70. The zero-order valence-corrected chi connectivity index (χ0v) is 15.6. The van der Waals surface area contributed by atoms with Gasteiger partial charge in [-0.15, -0.1) is 0 Å². The third kappa shape index (κ3) is 7.67. The molecule has 4 amide bonds. The lowest BCUT2D eigenvalue weighted by molar-refractivity contribution is -0.139. The average molecular weight is 353 g/mol. The molecule has 7 nitrogen and oxygen atoms in total. The highest BCUT2D eigenvalue weighted by Crippen LogP contribution is 2.10. The monoisotopic (exact) mass is 353 g/mol. The van der Waals surface area contributed by atoms with E-state index in [0.717, 1.165) is 19.3 Å². The lowest BCUT2D eigenvalue weighted by Gasteiger charge is -2.29. The van der Waals surface area contributed by atoms with Gasteiger partial charge in [0.25, 0.3) is 0 Å². The van der Waals surface area contributed by atoms with Crippen molar-refractivity contribution in [3.8, 4) is 0 Å². The Morgan fingerprint density at radius 3 is 2.40 bits per heavy atom. The molecule has 0 spiro atoms. The van der Waals surface area contributed by atoms with Crippen molar-refractivity contribution < 1.29 is 19.2 Å². The minimum absolute atomic E-state index is 0.168. The Labute approximate surface area is 149 Å². The van der Waals surface area contributed by atoms with Gasteiger partial charge in [0.1, 0.15) is 11.6 Å². The minimum atomic E-state index is -1.11. The third-order valence-electron chi connectivity index (χ3n) is 4.32. The Hall–Kier alpha value is -1.92. The number of hydrogen-bond acceptors (Lipinski definition) is 4. The Balaban J connectivity index is 2.35. The summed E-state index contributed by atoms with van der Waals surface area (Å²) < 4.78 is 0. The first-order valence-electron chi connectivity index (χ1n) is 9.22. The molecule has 0 bridgehead atoms. The summed E-state index contributed by atoms with van der Waals surface area (Å²) in [5, 5.41) is 7.52. The summed E-state index contributed by atoms with van der Waals surface area (Å²) >= 11 is 0. The number of unbranched alkanes of at least 4 members (excludes halogenated alkanes) is 5. The molecule has 0 radical (unpaired) electrons. The Morgan fingerprint density at radius 2 is 1.76 bits per heavy atom. The summed E-state index contributed by atoms with van der Waals surface area (Å²) in [6, 6.07) is -0.736. The molecule has 0 aromatic carbocycles. The van der Waals surface area contributed by atoms with Crippen LogP contribution in [0.25, 0.3) is 0 Å². The second kappa shape index (κ2) is 10.2. The zero-order chi connectivity index (χ0) is 18.9. The molecule has 1 atom stereocenters. The van der Waals surface area contributed by atoms with Gasteiger partial charge in [-0.2, -0.15) is 0 Å². The lowest BCUT2D eigenvalue weighted by Crippen LogP contribution is -2.60. The molecule has 3 N–H and O–H groups in total. The predicted octanol–water partition coefficient (Wildman–Crippen LogP) is 1.55. The molecule has 1 rings (SSSR count). The molecule has 0 aliphatic carbocycles. The van der Waals surface area contributed by atoms with Gasteiger partial charge >= 0.3 is 0 Å². The fraction of sp³-hybridized carbons (Fsp3) is 0.778. The Morgan fingerprint density at radius 1 is 1.12 bits per heavy atom. The van der Waals surface area contributed by atoms with Gasteiger partial charge in [0.05, 0.1) is 0 Å². The highest BCUT2D eigenvalue weighted by Gasteiger charge is 2.34. The van der Waals surface area contributed by atoms with E-state index in [1.165, 1.54) is 19.3 Å². The van der Waals surface area contributed by atoms with Crippen molar-refractivity contribution in [3.63, 3.8) is 0 Å². The van der Waals surface area contributed by atoms with E-state index >= 15 is 0 Å². The molecule has 1 fully saturated rings. The fourth-order valence-electron chi connectivity index (χ4n) is 2.70. The van der Waals surface area contributed by atoms with E-state index < -0.39 is 23.4 Å². The second-order valence-corrected chi connectivity index (χ2v) is 7.17. The van der Waals surface area contributed by atoms with Gasteiger partial charge in [0.15, 0.2) is 0 Å². The maximum absolute atomic E-state index is 12.4. The number of carbonyl (C=O) groups is 4. The molecule has 25 heavy (non-hydrogen) atoms. The summed E-state index contributed by atoms with van der Waals surface area (Å²) in [7, 11) is 0. The van der Waals surface area contributed by atoms with Crippen LogP contribution >= 0.6 is 0 Å². The van der Waals surface area contributed by atoms with Crippen LogP contribution in [0.2, 0.25) is 0 Å². The van der Waals surface area contributed by atoms with E-state index in [4.69, 9.17) is 0 Å². The first-order valence-corrected chi connectivity index (χ1v) is 9.22. The summed E-state index contributed by atoms with van der Waals surface area (Å²) in [4.78, 5) is 47.2. The number of hydrogen-bond donors (Lipinski definition) is 3. The molecular formula is C18H31N3O4. The van der Waals surface area contributed by atoms with E-state index in [9.17, 15) is 19.2 Å². The lowest BCUT2D eigenvalue weighted by atomic mass is 10.0. The molecule has 7 heteroatoms. The van der Waals surface area contributed by atoms with Crippen molar-refractivity contribution in [1.82, 2.24) is 16.0 Å². The molecule has 0 saturated carbocycles. The molecular weight excluding hydrogens is 322 g/mol. The number of carbonyl (C=O) groups excluding carboxylic acids is 4. The molecule has 1 heterocycles. The number of piperidine rings is 1. The van der Waals surface area contributed by atoms with E-state index in [-0.39, 0.29) is 24.7 Å². The van der Waals surface area contributed by atoms with Gasteiger partial charge in [-0.1, -0.05) is 39.0 Å². The predicted molar refractivity (Wildman–Crippen MR) is 94.5 cm³/mol. The number of rotatable bonds is 10. The van der Waals surface area contributed by atoms with Crippen LogP contribution in [0.5, 0.6) is 0 Å². The quantitative estimate of drug-likeness (QED) is 0.409. The third-order valence-corrected chi connectivity index (χ3v) is 4.32. The molecule has 1 aliphatic heterocycles. The maximum atomic E-state index is 12.4. The first kappa shape index (κ1) is 21.1. The van der Waals surface area contributed by atoms with Crippen LogP contribution in [0.15, 0.2) is 0 Å². The average Bonchev–Trinajstić information content (AvgIpc) is 2.52. The van der Waals surface area contributed by atoms with Crippen molar-refractivity contribution >= 4 is 23.6 Å². The van der Waals surface area contributed by atoms with Gasteiger partial charge in [-0.25, -0.2) is 0 Å². The summed E-state index contributed by atoms with van der Waals surface area (Å²) in [5.41, 5.74) is -1.11. The Kier molecular flexibility index (Phi) is 8.58. The topological polar surface area (TPSA) is 104 Å². The summed E-state index contributed by atoms with van der Waals surface area (Å²) in [6.07, 6.45) is 7.41. The highest BCUT2D eigenvalue weighted by atomic mass is 16.2. The number of amides is 4. The van der Waals surface area contributed by atoms with E-state index in [0.29, 0.717) is 6.42 Å². The van der Waals surface area contributed by atoms with Crippen LogP contribution in [0.1, 0.15) is 78.6 Å². The summed E-state index contributed by atoms with van der Waals surface area (Å²) in [6.45, 7) is 5.37. The van der Waals surface area contributed by atoms with E-state index in [1.54, 1.807) is 13.8 Å². The Bertz CT molecular complexity index is 503. The SMILES string of the molecule is CCCCCCCCC(=O)NC(C)(C)C(=O)NC1CCC(=O)NC1=O. The minimum Gasteiger partial charge on any atom is -0.342 e. The molecule has 0 aromatic rings. The number of nitrogens with one attached hydrogen (secondary N) is 3. The number of imide groups is 1. The van der Waals surface area contributed by atoms with Gasteiger partial charge < -0.3 is 10.6 Å². The van der Waals surface area contributed by atoms with Crippen LogP contribution in [0.3, 0.4) is 0 Å². The van der Waals surface area contributed by atoms with Gasteiger partial charge in [-0.3, -0.25) is 24.5 Å². The van der Waals surface area contributed by atoms with E-state index in [1.807, 2.05) is 0 Å². The van der Waals surface area contributed by atoms with Crippen molar-refractivity contribution in [2.24, 2.45) is 0 Å². The van der Waals surface area contributed by atoms with Crippen LogP contribution < -0.4 is 16.0 Å². The molecule has 142 valence electrons. The van der Waals surface area contributed by atoms with Crippen molar-refractivity contribution in [2.45, 2.75) is 90.1 Å². The normalized spacial score (nSPS) is 17.8. The largest absolute Gasteiger partial charge is 0.342 e. The standard InChI is InChI=1S/C18H31N3O4/c1-4-5-6-7-8-9-10-15(23)21-18(2,3)17(25)19-13-11-12-14(22)20-16(13)24/h13H,4-12H2,1-3H3,(H,19,25)(H,21,23)(H,20,22,24). The summed E-state index contributed by atoms with van der Waals surface area (Å²) in [5.74, 6) is -1.43. The smallest absolute Gasteiger partial charge is 0.249 e. The highest BCUT2D eigenvalue weighted by molar-refractivity contribution is 6.02. The van der Waals surface area contributed by atoms with Crippen LogP contribution in [0, 0.1) is 0 Å². The second-order valence-electron chi connectivity index (χ2n) is 7.17. The van der Waals surface area contributed by atoms with Gasteiger partial charge in [0.2, 0.25) is 23.6 Å². The first-order chi connectivity index (χ1) is 11.8. The van der Waals surface area contributed by atoms with E-state index in [2.05, 4.69) is 22.9 Å². The van der Waals surface area contributed by atoms with Crippen molar-refractivity contribution in [2.75, 3.05) is 0 Å². The van der Waals surface area contributed by atoms with Crippen LogP contribution in [-0.2, 0) is 19.2 Å². The molecule has 1 saturated heterocycles. The van der Waals surface area contributed by atoms with Crippen molar-refractivity contribution in [3.05, 3.63) is 0 Å². The van der Waals surface area contributed by atoms with Gasteiger partial charge in [-0.05, 0) is 26.7 Å². The molecule has 0 aromatic heterocycles. The molecule has 1 aliphatic rings. The van der Waals surface area contributed by atoms with Gasteiger partial charge in [0, 0.05) is 12.8 Å². The molecule has 1 unspecified atom stereocenters.